The molecule has 3 rings (SSSR count). The van der Waals surface area contributed by atoms with Gasteiger partial charge in [0.05, 0.1) is 5.02 Å². The van der Waals surface area contributed by atoms with Crippen molar-refractivity contribution in [3.05, 3.63) is 76.8 Å². The minimum absolute atomic E-state index is 0.236. The van der Waals surface area contributed by atoms with Crippen molar-refractivity contribution in [2.24, 2.45) is 0 Å². The second-order valence-corrected chi connectivity index (χ2v) is 11.8. The van der Waals surface area contributed by atoms with E-state index in [2.05, 4.69) is 0 Å². The Kier molecular flexibility index (Phi) is 6.78. The molecule has 0 amide bonds. The van der Waals surface area contributed by atoms with Gasteiger partial charge in [0.1, 0.15) is 14.7 Å². The Morgan fingerprint density at radius 1 is 0.667 bits per heavy atom. The Balaban J connectivity index is 2.05. The van der Waals surface area contributed by atoms with Crippen LogP contribution in [-0.2, 0) is 30.4 Å². The van der Waals surface area contributed by atoms with E-state index < -0.39 is 51.8 Å². The molecule has 0 atom stereocenters. The first-order valence-electron chi connectivity index (χ1n) is 9.02. The van der Waals surface area contributed by atoms with Gasteiger partial charge in [-0.2, -0.15) is 25.3 Å². The van der Waals surface area contributed by atoms with E-state index in [1.165, 1.54) is 48.5 Å². The SMILES string of the molecule is Cc1ccc(S(=O)(=O)Oc2cc(S(=O)(=O)O)c(OS(=O)(=O)c3ccc(C)cc3)cc2Cl)cc1. The van der Waals surface area contributed by atoms with Crippen LogP contribution in [0, 0.1) is 13.8 Å². The summed E-state index contributed by atoms with van der Waals surface area (Å²) in [5, 5.41) is -0.479. The van der Waals surface area contributed by atoms with Gasteiger partial charge < -0.3 is 8.37 Å². The summed E-state index contributed by atoms with van der Waals surface area (Å²) >= 11 is 6.03. The third kappa shape index (κ3) is 5.84. The standard InChI is InChI=1S/C20H17ClO9S3/c1-13-3-7-15(8-4-13)32(25,26)29-18-12-20(31(22,23)24)19(11-17(18)21)30-33(27,28)16-9-5-14(2)6-10-16/h3-12H,1-2H3,(H,22,23,24). The molecule has 1 N–H and O–H groups in total. The fourth-order valence-corrected chi connectivity index (χ4v) is 5.37. The minimum atomic E-state index is -5.08. The van der Waals surface area contributed by atoms with Crippen LogP contribution in [0.4, 0.5) is 0 Å². The monoisotopic (exact) mass is 532 g/mol. The maximum absolute atomic E-state index is 12.6. The van der Waals surface area contributed by atoms with Crippen LogP contribution in [0.3, 0.4) is 0 Å². The van der Waals surface area contributed by atoms with Crippen LogP contribution in [0.5, 0.6) is 11.5 Å². The van der Waals surface area contributed by atoms with Crippen LogP contribution < -0.4 is 8.37 Å². The van der Waals surface area contributed by atoms with Crippen molar-refractivity contribution in [2.45, 2.75) is 28.5 Å². The van der Waals surface area contributed by atoms with Gasteiger partial charge in [-0.1, -0.05) is 47.0 Å². The first-order chi connectivity index (χ1) is 15.2. The van der Waals surface area contributed by atoms with E-state index in [1.807, 2.05) is 0 Å². The molecule has 0 radical (unpaired) electrons. The number of halogens is 1. The Labute approximate surface area is 196 Å². The van der Waals surface area contributed by atoms with Crippen LogP contribution >= 0.6 is 11.6 Å². The predicted octanol–water partition coefficient (Wildman–Crippen LogP) is 3.74. The number of benzene rings is 3. The van der Waals surface area contributed by atoms with Crippen molar-refractivity contribution in [1.29, 1.82) is 0 Å². The van der Waals surface area contributed by atoms with Crippen LogP contribution in [0.15, 0.2) is 75.4 Å². The molecule has 176 valence electrons. The zero-order chi connectivity index (χ0) is 24.6. The summed E-state index contributed by atoms with van der Waals surface area (Å²) in [5.41, 5.74) is 1.56. The Morgan fingerprint density at radius 2 is 1.06 bits per heavy atom. The average Bonchev–Trinajstić information content (AvgIpc) is 2.69. The maximum atomic E-state index is 12.6. The second-order valence-electron chi connectivity index (χ2n) is 6.91. The van der Waals surface area contributed by atoms with E-state index in [0.29, 0.717) is 6.07 Å². The van der Waals surface area contributed by atoms with E-state index in [4.69, 9.17) is 20.0 Å². The third-order valence-corrected chi connectivity index (χ3v) is 7.96. The lowest BCUT2D eigenvalue weighted by Crippen LogP contribution is -2.14. The van der Waals surface area contributed by atoms with Gasteiger partial charge in [0.2, 0.25) is 0 Å². The Hall–Kier alpha value is -2.64. The molecule has 3 aromatic carbocycles. The molecule has 0 aliphatic rings. The van der Waals surface area contributed by atoms with Crippen molar-refractivity contribution in [2.75, 3.05) is 0 Å². The number of aryl methyl sites for hydroxylation is 2. The largest absolute Gasteiger partial charge is 0.377 e. The molecule has 0 spiro atoms. The van der Waals surface area contributed by atoms with Gasteiger partial charge in [-0.05, 0) is 38.1 Å². The first kappa shape index (κ1) is 25.0. The zero-order valence-electron chi connectivity index (χ0n) is 17.1. The summed E-state index contributed by atoms with van der Waals surface area (Å²) in [6.07, 6.45) is 0. The molecule has 0 bridgehead atoms. The first-order valence-corrected chi connectivity index (χ1v) is 13.7. The van der Waals surface area contributed by atoms with E-state index in [-0.39, 0.29) is 9.79 Å². The highest BCUT2D eigenvalue weighted by molar-refractivity contribution is 7.87. The van der Waals surface area contributed by atoms with Crippen LogP contribution in [0.2, 0.25) is 5.02 Å². The molecular weight excluding hydrogens is 516 g/mol. The summed E-state index contributed by atoms with van der Waals surface area (Å²) in [7, 11) is -14.0. The molecule has 9 nitrogen and oxygen atoms in total. The minimum Gasteiger partial charge on any atom is -0.377 e. The van der Waals surface area contributed by atoms with Crippen molar-refractivity contribution in [1.82, 2.24) is 0 Å². The van der Waals surface area contributed by atoms with Crippen molar-refractivity contribution >= 4 is 42.0 Å². The summed E-state index contributed by atoms with van der Waals surface area (Å²) in [4.78, 5) is -1.58. The van der Waals surface area contributed by atoms with Gasteiger partial charge in [0, 0.05) is 12.1 Å². The fraction of sp³-hybridized carbons (Fsp3) is 0.100. The van der Waals surface area contributed by atoms with Gasteiger partial charge in [-0.25, -0.2) is 0 Å². The van der Waals surface area contributed by atoms with Crippen molar-refractivity contribution < 1.29 is 38.2 Å². The van der Waals surface area contributed by atoms with E-state index in [1.54, 1.807) is 13.8 Å². The van der Waals surface area contributed by atoms with E-state index in [9.17, 15) is 29.8 Å². The molecule has 0 unspecified atom stereocenters. The summed E-state index contributed by atoms with van der Waals surface area (Å²) in [6, 6.07) is 12.3. The molecule has 0 aliphatic heterocycles. The molecule has 3 aromatic rings. The molecule has 0 aliphatic carbocycles. The van der Waals surface area contributed by atoms with Crippen LogP contribution in [-0.4, -0.2) is 29.8 Å². The van der Waals surface area contributed by atoms with Gasteiger partial charge in [0.15, 0.2) is 11.5 Å². The summed E-state index contributed by atoms with van der Waals surface area (Å²) < 4.78 is 93.4. The summed E-state index contributed by atoms with van der Waals surface area (Å²) in [6.45, 7) is 3.48. The average molecular weight is 533 g/mol. The quantitative estimate of drug-likeness (QED) is 0.355. The smallest absolute Gasteiger partial charge is 0.339 e. The van der Waals surface area contributed by atoms with Crippen LogP contribution in [0.25, 0.3) is 0 Å². The Morgan fingerprint density at radius 3 is 1.45 bits per heavy atom. The normalized spacial score (nSPS) is 12.4. The lowest BCUT2D eigenvalue weighted by molar-refractivity contribution is 0.457. The molecule has 13 heteroatoms. The topological polar surface area (TPSA) is 141 Å². The highest BCUT2D eigenvalue weighted by Crippen LogP contribution is 2.38. The Bertz CT molecular complexity index is 1510. The van der Waals surface area contributed by atoms with Gasteiger partial charge in [-0.15, -0.1) is 0 Å². The fourth-order valence-electron chi connectivity index (χ4n) is 2.59. The predicted molar refractivity (Wildman–Crippen MR) is 119 cm³/mol. The number of hydrogen-bond donors (Lipinski definition) is 1. The van der Waals surface area contributed by atoms with Crippen molar-refractivity contribution in [3.8, 4) is 11.5 Å². The number of hydrogen-bond acceptors (Lipinski definition) is 8. The molecule has 0 saturated carbocycles. The van der Waals surface area contributed by atoms with Crippen molar-refractivity contribution in [3.63, 3.8) is 0 Å². The highest BCUT2D eigenvalue weighted by atomic mass is 35.5. The molecule has 0 fully saturated rings. The zero-order valence-corrected chi connectivity index (χ0v) is 20.3. The van der Waals surface area contributed by atoms with E-state index in [0.717, 1.165) is 17.2 Å². The molecule has 0 heterocycles. The van der Waals surface area contributed by atoms with E-state index >= 15 is 0 Å². The number of rotatable bonds is 7. The third-order valence-electron chi connectivity index (χ3n) is 4.29. The summed E-state index contributed by atoms with van der Waals surface area (Å²) in [5.74, 6) is -1.51. The van der Waals surface area contributed by atoms with Crippen LogP contribution in [0.1, 0.15) is 11.1 Å². The van der Waals surface area contributed by atoms with Gasteiger partial charge >= 0.3 is 20.2 Å². The lowest BCUT2D eigenvalue weighted by Gasteiger charge is -2.14. The molecule has 33 heavy (non-hydrogen) atoms. The molecule has 0 aromatic heterocycles. The molecular formula is C20H17ClO9S3. The maximum Gasteiger partial charge on any atom is 0.339 e. The van der Waals surface area contributed by atoms with Gasteiger partial charge in [0.25, 0.3) is 10.1 Å². The lowest BCUT2D eigenvalue weighted by atomic mass is 10.2. The highest BCUT2D eigenvalue weighted by Gasteiger charge is 2.28. The second kappa shape index (κ2) is 8.95. The van der Waals surface area contributed by atoms with Gasteiger partial charge in [-0.3, -0.25) is 4.55 Å². The molecule has 0 saturated heterocycles.